The fraction of sp³-hybridized carbons (Fsp3) is 0.562. The average molecular weight is 328 g/mol. The Hall–Kier alpha value is -0.650. The SMILES string of the molecule is CSCC[C@H](NCC(CS)Cc1ccccc1C)C(=O)O. The van der Waals surface area contributed by atoms with Crippen molar-refractivity contribution in [3.63, 3.8) is 0 Å². The number of benzene rings is 1. The molecule has 0 heterocycles. The summed E-state index contributed by atoms with van der Waals surface area (Å²) in [5.41, 5.74) is 2.59. The zero-order valence-electron chi connectivity index (χ0n) is 12.7. The molecule has 0 aliphatic heterocycles. The van der Waals surface area contributed by atoms with Crippen molar-refractivity contribution in [2.45, 2.75) is 25.8 Å². The number of aryl methyl sites for hydroxylation is 1. The molecular formula is C16H25NO2S2. The van der Waals surface area contributed by atoms with E-state index in [0.29, 0.717) is 18.9 Å². The van der Waals surface area contributed by atoms with Crippen LogP contribution in [-0.4, -0.2) is 41.4 Å². The van der Waals surface area contributed by atoms with E-state index in [-0.39, 0.29) is 0 Å². The highest BCUT2D eigenvalue weighted by Gasteiger charge is 2.18. The van der Waals surface area contributed by atoms with Gasteiger partial charge in [0.05, 0.1) is 0 Å². The van der Waals surface area contributed by atoms with Crippen LogP contribution in [0.15, 0.2) is 24.3 Å². The lowest BCUT2D eigenvalue weighted by Crippen LogP contribution is -2.40. The first-order valence-corrected chi connectivity index (χ1v) is 9.21. The van der Waals surface area contributed by atoms with E-state index in [1.54, 1.807) is 11.8 Å². The van der Waals surface area contributed by atoms with Gasteiger partial charge in [-0.05, 0) is 61.1 Å². The first-order valence-electron chi connectivity index (χ1n) is 7.19. The molecule has 5 heteroatoms. The van der Waals surface area contributed by atoms with E-state index in [1.807, 2.05) is 18.4 Å². The van der Waals surface area contributed by atoms with Crippen LogP contribution in [0, 0.1) is 12.8 Å². The number of aliphatic carboxylic acids is 1. The molecule has 1 unspecified atom stereocenters. The third-order valence-electron chi connectivity index (χ3n) is 3.59. The fourth-order valence-corrected chi connectivity index (χ4v) is 2.94. The van der Waals surface area contributed by atoms with E-state index in [9.17, 15) is 9.90 Å². The molecule has 21 heavy (non-hydrogen) atoms. The lowest BCUT2D eigenvalue weighted by atomic mass is 9.97. The third kappa shape index (κ3) is 6.76. The van der Waals surface area contributed by atoms with Crippen LogP contribution in [0.4, 0.5) is 0 Å². The van der Waals surface area contributed by atoms with Crippen molar-refractivity contribution in [2.24, 2.45) is 5.92 Å². The van der Waals surface area contributed by atoms with Crippen LogP contribution in [0.25, 0.3) is 0 Å². The highest BCUT2D eigenvalue weighted by molar-refractivity contribution is 7.98. The maximum absolute atomic E-state index is 11.2. The normalized spacial score (nSPS) is 13.9. The van der Waals surface area contributed by atoms with Crippen LogP contribution in [0.2, 0.25) is 0 Å². The van der Waals surface area contributed by atoms with Gasteiger partial charge in [0.1, 0.15) is 6.04 Å². The Bertz CT molecular complexity index is 440. The molecule has 0 amide bonds. The van der Waals surface area contributed by atoms with E-state index in [2.05, 4.69) is 37.0 Å². The molecule has 1 rings (SSSR count). The van der Waals surface area contributed by atoms with Crippen LogP contribution in [0.5, 0.6) is 0 Å². The molecule has 1 aromatic rings. The smallest absolute Gasteiger partial charge is 0.320 e. The summed E-state index contributed by atoms with van der Waals surface area (Å²) in [7, 11) is 0. The molecule has 118 valence electrons. The summed E-state index contributed by atoms with van der Waals surface area (Å²) >= 11 is 6.09. The van der Waals surface area contributed by atoms with Crippen molar-refractivity contribution in [3.8, 4) is 0 Å². The van der Waals surface area contributed by atoms with E-state index >= 15 is 0 Å². The molecule has 0 radical (unpaired) electrons. The molecule has 0 spiro atoms. The highest BCUT2D eigenvalue weighted by Crippen LogP contribution is 2.14. The minimum atomic E-state index is -0.766. The summed E-state index contributed by atoms with van der Waals surface area (Å²) in [4.78, 5) is 11.2. The second-order valence-electron chi connectivity index (χ2n) is 5.26. The molecule has 1 aromatic carbocycles. The van der Waals surface area contributed by atoms with E-state index in [4.69, 9.17) is 0 Å². The van der Waals surface area contributed by atoms with Gasteiger partial charge < -0.3 is 10.4 Å². The third-order valence-corrected chi connectivity index (χ3v) is 4.75. The van der Waals surface area contributed by atoms with Gasteiger partial charge >= 0.3 is 5.97 Å². The standard InChI is InChI=1S/C16H25NO2S2/c1-12-5-3-4-6-14(12)9-13(11-20)10-17-15(16(18)19)7-8-21-2/h3-6,13,15,17,20H,7-11H2,1-2H3,(H,18,19)/t13?,15-/m0/s1. The van der Waals surface area contributed by atoms with Crippen LogP contribution in [0.3, 0.4) is 0 Å². The van der Waals surface area contributed by atoms with Gasteiger partial charge in [-0.3, -0.25) is 4.79 Å². The molecule has 0 fully saturated rings. The Labute approximate surface area is 137 Å². The zero-order valence-corrected chi connectivity index (χ0v) is 14.4. The van der Waals surface area contributed by atoms with Gasteiger partial charge in [-0.25, -0.2) is 0 Å². The van der Waals surface area contributed by atoms with Crippen LogP contribution >= 0.6 is 24.4 Å². The van der Waals surface area contributed by atoms with Gasteiger partial charge in [0.2, 0.25) is 0 Å². The molecule has 3 nitrogen and oxygen atoms in total. The number of thiol groups is 1. The van der Waals surface area contributed by atoms with Gasteiger partial charge in [-0.2, -0.15) is 24.4 Å². The summed E-state index contributed by atoms with van der Waals surface area (Å²) in [6.45, 7) is 2.79. The van der Waals surface area contributed by atoms with Crippen molar-refractivity contribution in [2.75, 3.05) is 24.3 Å². The molecule has 0 bridgehead atoms. The molecule has 2 N–H and O–H groups in total. The quantitative estimate of drug-likeness (QED) is 0.578. The zero-order chi connectivity index (χ0) is 15.7. The minimum Gasteiger partial charge on any atom is -0.480 e. The molecule has 0 saturated heterocycles. The maximum Gasteiger partial charge on any atom is 0.320 e. The number of hydrogen-bond acceptors (Lipinski definition) is 4. The lowest BCUT2D eigenvalue weighted by Gasteiger charge is -2.20. The largest absolute Gasteiger partial charge is 0.480 e. The second kappa shape index (κ2) is 10.1. The summed E-state index contributed by atoms with van der Waals surface area (Å²) in [5, 5.41) is 12.4. The Morgan fingerprint density at radius 1 is 1.43 bits per heavy atom. The van der Waals surface area contributed by atoms with Crippen molar-refractivity contribution in [1.82, 2.24) is 5.32 Å². The van der Waals surface area contributed by atoms with Gasteiger partial charge in [0.15, 0.2) is 0 Å². The molecule has 2 atom stereocenters. The topological polar surface area (TPSA) is 49.3 Å². The number of carboxylic acid groups (broad SMARTS) is 1. The monoisotopic (exact) mass is 327 g/mol. The number of rotatable bonds is 10. The molecule has 0 aliphatic rings. The number of thioether (sulfide) groups is 1. The Morgan fingerprint density at radius 2 is 2.14 bits per heavy atom. The predicted molar refractivity (Wildman–Crippen MR) is 94.7 cm³/mol. The minimum absolute atomic E-state index is 0.338. The highest BCUT2D eigenvalue weighted by atomic mass is 32.2. The van der Waals surface area contributed by atoms with Crippen molar-refractivity contribution >= 4 is 30.4 Å². The van der Waals surface area contributed by atoms with Crippen LogP contribution < -0.4 is 5.32 Å². The second-order valence-corrected chi connectivity index (χ2v) is 6.61. The van der Waals surface area contributed by atoms with Gasteiger partial charge in [0.25, 0.3) is 0 Å². The molecule has 0 aromatic heterocycles. The Morgan fingerprint density at radius 3 is 2.71 bits per heavy atom. The first-order chi connectivity index (χ1) is 10.1. The summed E-state index contributed by atoms with van der Waals surface area (Å²) in [6, 6.07) is 7.86. The average Bonchev–Trinajstić information content (AvgIpc) is 2.47. The van der Waals surface area contributed by atoms with Crippen molar-refractivity contribution in [1.29, 1.82) is 0 Å². The number of hydrogen-bond donors (Lipinski definition) is 3. The fourth-order valence-electron chi connectivity index (χ4n) is 2.21. The number of carbonyl (C=O) groups is 1. The predicted octanol–water partition coefficient (Wildman–Crippen LogP) is 2.88. The van der Waals surface area contributed by atoms with E-state index < -0.39 is 12.0 Å². The van der Waals surface area contributed by atoms with Crippen molar-refractivity contribution in [3.05, 3.63) is 35.4 Å². The number of carboxylic acids is 1. The van der Waals surface area contributed by atoms with Crippen molar-refractivity contribution < 1.29 is 9.90 Å². The maximum atomic E-state index is 11.2. The summed E-state index contributed by atoms with van der Waals surface area (Å²) < 4.78 is 0. The Kier molecular flexibility index (Phi) is 8.88. The van der Waals surface area contributed by atoms with E-state index in [0.717, 1.165) is 17.9 Å². The molecular weight excluding hydrogens is 302 g/mol. The van der Waals surface area contributed by atoms with E-state index in [1.165, 1.54) is 11.1 Å². The van der Waals surface area contributed by atoms with Crippen LogP contribution in [0.1, 0.15) is 17.5 Å². The van der Waals surface area contributed by atoms with Gasteiger partial charge in [-0.15, -0.1) is 0 Å². The Balaban J connectivity index is 2.53. The van der Waals surface area contributed by atoms with Crippen LogP contribution in [-0.2, 0) is 11.2 Å². The molecule has 0 aliphatic carbocycles. The first kappa shape index (κ1) is 18.4. The summed E-state index contributed by atoms with van der Waals surface area (Å²) in [5.74, 6) is 1.17. The van der Waals surface area contributed by atoms with Gasteiger partial charge in [0, 0.05) is 0 Å². The van der Waals surface area contributed by atoms with Gasteiger partial charge in [-0.1, -0.05) is 24.3 Å². The lowest BCUT2D eigenvalue weighted by molar-refractivity contribution is -0.139. The molecule has 0 saturated carbocycles. The number of nitrogens with one attached hydrogen (secondary N) is 1. The summed E-state index contributed by atoms with van der Waals surface area (Å²) in [6.07, 6.45) is 3.58.